The molecule has 0 atom stereocenters. The fraction of sp³-hybridized carbons (Fsp3) is 0.357. The average molecular weight is 291 g/mol. The monoisotopic (exact) mass is 291 g/mol. The van der Waals surface area contributed by atoms with Crippen molar-refractivity contribution >= 4 is 11.9 Å². The quantitative estimate of drug-likeness (QED) is 0.909. The molecule has 0 saturated carbocycles. The molecule has 6 nitrogen and oxygen atoms in total. The summed E-state index contributed by atoms with van der Waals surface area (Å²) in [6.07, 6.45) is 0. The zero-order valence-electron chi connectivity index (χ0n) is 12.3. The second-order valence-electron chi connectivity index (χ2n) is 4.34. The van der Waals surface area contributed by atoms with Gasteiger partial charge in [0.05, 0.1) is 12.7 Å². The first-order valence-electron chi connectivity index (χ1n) is 6.69. The number of anilines is 2. The average Bonchev–Trinajstić information content (AvgIpc) is 2.47. The van der Waals surface area contributed by atoms with Gasteiger partial charge < -0.3 is 15.4 Å². The van der Waals surface area contributed by atoms with E-state index in [0.717, 1.165) is 13.1 Å². The first-order valence-corrected chi connectivity index (χ1v) is 6.69. The molecule has 1 aromatic heterocycles. The van der Waals surface area contributed by atoms with Crippen molar-refractivity contribution in [2.75, 3.05) is 30.8 Å². The third-order valence-electron chi connectivity index (χ3n) is 3.10. The number of methoxy groups -OCH3 is 1. The fourth-order valence-corrected chi connectivity index (χ4v) is 1.95. The largest absolute Gasteiger partial charge is 0.497 e. The maximum absolute atomic E-state index is 14.1. The lowest BCUT2D eigenvalue weighted by Gasteiger charge is -2.19. The molecule has 0 aliphatic heterocycles. The van der Waals surface area contributed by atoms with Crippen molar-refractivity contribution in [3.05, 3.63) is 24.0 Å². The Morgan fingerprint density at radius 1 is 1.19 bits per heavy atom. The van der Waals surface area contributed by atoms with Crippen LogP contribution in [0.15, 0.2) is 18.2 Å². The molecule has 7 heteroatoms. The molecule has 2 aromatic rings. The lowest BCUT2D eigenvalue weighted by Crippen LogP contribution is -2.25. The SMILES string of the molecule is CCN(CC)c1nc(N)nc(-c2ccc(OC)cc2F)n1. The van der Waals surface area contributed by atoms with Crippen LogP contribution < -0.4 is 15.4 Å². The number of nitrogens with two attached hydrogens (primary N) is 1. The first kappa shape index (κ1) is 15.0. The topological polar surface area (TPSA) is 77.2 Å². The molecule has 1 heterocycles. The molecule has 1 aromatic carbocycles. The van der Waals surface area contributed by atoms with E-state index in [9.17, 15) is 4.39 Å². The third kappa shape index (κ3) is 3.18. The van der Waals surface area contributed by atoms with E-state index in [1.165, 1.54) is 13.2 Å². The summed E-state index contributed by atoms with van der Waals surface area (Å²) in [5.41, 5.74) is 5.98. The Bertz CT molecular complexity index is 631. The fourth-order valence-electron chi connectivity index (χ4n) is 1.95. The second kappa shape index (κ2) is 6.34. The normalized spacial score (nSPS) is 10.5. The Morgan fingerprint density at radius 3 is 2.48 bits per heavy atom. The minimum atomic E-state index is -0.467. The number of halogens is 1. The third-order valence-corrected chi connectivity index (χ3v) is 3.10. The van der Waals surface area contributed by atoms with Gasteiger partial charge in [0.15, 0.2) is 5.82 Å². The molecule has 0 unspecified atom stereocenters. The molecule has 2 N–H and O–H groups in total. The molecule has 0 spiro atoms. The number of hydrogen-bond acceptors (Lipinski definition) is 6. The highest BCUT2D eigenvalue weighted by Crippen LogP contribution is 2.25. The molecule has 2 rings (SSSR count). The van der Waals surface area contributed by atoms with E-state index in [-0.39, 0.29) is 17.3 Å². The van der Waals surface area contributed by atoms with Gasteiger partial charge in [-0.15, -0.1) is 0 Å². The van der Waals surface area contributed by atoms with E-state index in [1.54, 1.807) is 12.1 Å². The number of nitrogens with zero attached hydrogens (tertiary/aromatic N) is 4. The zero-order chi connectivity index (χ0) is 15.4. The van der Waals surface area contributed by atoms with Crippen molar-refractivity contribution in [3.63, 3.8) is 0 Å². The van der Waals surface area contributed by atoms with Crippen molar-refractivity contribution in [1.29, 1.82) is 0 Å². The van der Waals surface area contributed by atoms with Crippen LogP contribution in [0.1, 0.15) is 13.8 Å². The van der Waals surface area contributed by atoms with Gasteiger partial charge in [0.2, 0.25) is 11.9 Å². The van der Waals surface area contributed by atoms with Gasteiger partial charge >= 0.3 is 0 Å². The predicted molar refractivity (Wildman–Crippen MR) is 79.7 cm³/mol. The number of benzene rings is 1. The molecule has 112 valence electrons. The van der Waals surface area contributed by atoms with Crippen molar-refractivity contribution in [2.24, 2.45) is 0 Å². The van der Waals surface area contributed by atoms with Gasteiger partial charge in [-0.2, -0.15) is 15.0 Å². The summed E-state index contributed by atoms with van der Waals surface area (Å²) in [7, 11) is 1.48. The van der Waals surface area contributed by atoms with E-state index >= 15 is 0 Å². The molecule has 0 aliphatic rings. The molecular weight excluding hydrogens is 273 g/mol. The van der Waals surface area contributed by atoms with E-state index in [0.29, 0.717) is 11.7 Å². The lowest BCUT2D eigenvalue weighted by molar-refractivity contribution is 0.411. The molecule has 0 aliphatic carbocycles. The summed E-state index contributed by atoms with van der Waals surface area (Å²) in [6.45, 7) is 5.42. The molecule has 0 bridgehead atoms. The van der Waals surface area contributed by atoms with Crippen molar-refractivity contribution in [3.8, 4) is 17.1 Å². The Balaban J connectivity index is 2.49. The summed E-state index contributed by atoms with van der Waals surface area (Å²) >= 11 is 0. The van der Waals surface area contributed by atoms with Gasteiger partial charge in [-0.3, -0.25) is 0 Å². The molecular formula is C14H18FN5O. The number of hydrogen-bond donors (Lipinski definition) is 1. The van der Waals surface area contributed by atoms with Crippen LogP contribution in [-0.4, -0.2) is 35.2 Å². The zero-order valence-corrected chi connectivity index (χ0v) is 12.3. The highest BCUT2D eigenvalue weighted by atomic mass is 19.1. The van der Waals surface area contributed by atoms with Gasteiger partial charge in [0.25, 0.3) is 0 Å². The molecule has 21 heavy (non-hydrogen) atoms. The van der Waals surface area contributed by atoms with Crippen molar-refractivity contribution in [2.45, 2.75) is 13.8 Å². The molecule has 0 amide bonds. The van der Waals surface area contributed by atoms with E-state index < -0.39 is 5.82 Å². The minimum absolute atomic E-state index is 0.0668. The predicted octanol–water partition coefficient (Wildman–Crippen LogP) is 2.11. The number of rotatable bonds is 5. The summed E-state index contributed by atoms with van der Waals surface area (Å²) in [6, 6.07) is 4.50. The molecule has 0 fully saturated rings. The maximum atomic E-state index is 14.1. The summed E-state index contributed by atoms with van der Waals surface area (Å²) < 4.78 is 19.1. The highest BCUT2D eigenvalue weighted by Gasteiger charge is 2.14. The van der Waals surface area contributed by atoms with Gasteiger partial charge in [0.1, 0.15) is 11.6 Å². The van der Waals surface area contributed by atoms with Crippen LogP contribution in [0.5, 0.6) is 5.75 Å². The molecule has 0 radical (unpaired) electrons. The van der Waals surface area contributed by atoms with E-state index in [4.69, 9.17) is 10.5 Å². The van der Waals surface area contributed by atoms with Gasteiger partial charge in [-0.1, -0.05) is 0 Å². The molecule has 0 saturated heterocycles. The van der Waals surface area contributed by atoms with Gasteiger partial charge in [0, 0.05) is 19.2 Å². The van der Waals surface area contributed by atoms with Gasteiger partial charge in [-0.25, -0.2) is 4.39 Å². The Morgan fingerprint density at radius 2 is 1.90 bits per heavy atom. The number of ether oxygens (including phenoxy) is 1. The van der Waals surface area contributed by atoms with Gasteiger partial charge in [-0.05, 0) is 26.0 Å². The maximum Gasteiger partial charge on any atom is 0.230 e. The van der Waals surface area contributed by atoms with Crippen molar-refractivity contribution in [1.82, 2.24) is 15.0 Å². The summed E-state index contributed by atoms with van der Waals surface area (Å²) in [5.74, 6) is 0.687. The Labute approximate surface area is 122 Å². The van der Waals surface area contributed by atoms with Crippen LogP contribution in [0.4, 0.5) is 16.3 Å². The van der Waals surface area contributed by atoms with Crippen LogP contribution in [-0.2, 0) is 0 Å². The first-order chi connectivity index (χ1) is 10.1. The van der Waals surface area contributed by atoms with Crippen LogP contribution >= 0.6 is 0 Å². The smallest absolute Gasteiger partial charge is 0.230 e. The number of aromatic nitrogens is 3. The summed E-state index contributed by atoms with van der Waals surface area (Å²) in [5, 5.41) is 0. The van der Waals surface area contributed by atoms with Crippen molar-refractivity contribution < 1.29 is 9.13 Å². The van der Waals surface area contributed by atoms with Crippen LogP contribution in [0, 0.1) is 5.82 Å². The standard InChI is InChI=1S/C14H18FN5O/c1-4-20(5-2)14-18-12(17-13(16)19-14)10-7-6-9(21-3)8-11(10)15/h6-8H,4-5H2,1-3H3,(H2,16,17,18,19). The highest BCUT2D eigenvalue weighted by molar-refractivity contribution is 5.60. The van der Waals surface area contributed by atoms with E-state index in [2.05, 4.69) is 15.0 Å². The van der Waals surface area contributed by atoms with Crippen LogP contribution in [0.25, 0.3) is 11.4 Å². The second-order valence-corrected chi connectivity index (χ2v) is 4.34. The summed E-state index contributed by atoms with van der Waals surface area (Å²) in [4.78, 5) is 14.3. The number of nitrogen functional groups attached to an aromatic ring is 1. The Kier molecular flexibility index (Phi) is 4.52. The van der Waals surface area contributed by atoms with E-state index in [1.807, 2.05) is 18.7 Å². The minimum Gasteiger partial charge on any atom is -0.497 e. The lowest BCUT2D eigenvalue weighted by atomic mass is 10.2. The Hall–Kier alpha value is -2.44. The van der Waals surface area contributed by atoms with Crippen LogP contribution in [0.2, 0.25) is 0 Å². The van der Waals surface area contributed by atoms with Crippen LogP contribution in [0.3, 0.4) is 0 Å².